The average Bonchev–Trinajstić information content (AvgIpc) is 2.71. The van der Waals surface area contributed by atoms with Gasteiger partial charge in [0, 0.05) is 17.7 Å². The van der Waals surface area contributed by atoms with Crippen LogP contribution >= 0.6 is 0 Å². The summed E-state index contributed by atoms with van der Waals surface area (Å²) in [5.41, 5.74) is 1.18. The first-order valence-electron chi connectivity index (χ1n) is 7.32. The van der Waals surface area contributed by atoms with Crippen molar-refractivity contribution in [2.24, 2.45) is 0 Å². The summed E-state index contributed by atoms with van der Waals surface area (Å²) < 4.78 is 0. The second kappa shape index (κ2) is 9.53. The minimum absolute atomic E-state index is 0.189. The number of carboxylic acid groups (broad SMARTS) is 2. The quantitative estimate of drug-likeness (QED) is 0.821. The number of aliphatic carboxylic acids is 2. The van der Waals surface area contributed by atoms with E-state index >= 15 is 0 Å². The maximum atomic E-state index is 11.8. The highest BCUT2D eigenvalue weighted by atomic mass is 16.4. The maximum Gasteiger partial charge on any atom is 0.328 e. The molecule has 1 saturated heterocycles. The molecule has 0 aromatic heterocycles. The Balaban J connectivity index is 0.000000284. The lowest BCUT2D eigenvalue weighted by molar-refractivity contribution is -0.134. The molecule has 1 aromatic rings. The van der Waals surface area contributed by atoms with Crippen molar-refractivity contribution in [3.05, 3.63) is 58.3 Å². The topological polar surface area (TPSA) is 94.9 Å². The number of hydrogen-bond donors (Lipinski definition) is 2. The third-order valence-corrected chi connectivity index (χ3v) is 3.56. The second-order valence-electron chi connectivity index (χ2n) is 5.32. The Kier molecular flexibility index (Phi) is 7.70. The standard InChI is InChI=1S/C13H17NO.C4H4O4/c1-14-9-7-11(8-10-14)12-5-3-2-4-6-13(12)15;5-3(6)1-2-4(7)8/h2-6,11H,7-10H2,1H3;1-2H,(H,5,6)(H,7,8)/b;2-1-. The van der Waals surface area contributed by atoms with Crippen LogP contribution in [0.25, 0.3) is 0 Å². The van der Waals surface area contributed by atoms with E-state index in [0.717, 1.165) is 31.5 Å². The normalized spacial score (nSPS) is 15.7. The molecule has 0 spiro atoms. The molecule has 6 nitrogen and oxygen atoms in total. The maximum absolute atomic E-state index is 11.8. The Labute approximate surface area is 134 Å². The van der Waals surface area contributed by atoms with Gasteiger partial charge in [0.2, 0.25) is 0 Å². The highest BCUT2D eigenvalue weighted by molar-refractivity contribution is 5.89. The van der Waals surface area contributed by atoms with Crippen LogP contribution in [0, 0.1) is 0 Å². The van der Waals surface area contributed by atoms with Gasteiger partial charge in [-0.1, -0.05) is 24.3 Å². The first kappa shape index (κ1) is 18.6. The molecule has 0 amide bonds. The molecule has 6 heteroatoms. The van der Waals surface area contributed by atoms with Crippen molar-refractivity contribution in [2.75, 3.05) is 20.1 Å². The molecule has 0 bridgehead atoms. The number of carboxylic acids is 2. The van der Waals surface area contributed by atoms with Gasteiger partial charge in [0.25, 0.3) is 0 Å². The van der Waals surface area contributed by atoms with E-state index in [0.29, 0.717) is 18.1 Å². The van der Waals surface area contributed by atoms with E-state index in [4.69, 9.17) is 10.2 Å². The predicted molar refractivity (Wildman–Crippen MR) is 86.6 cm³/mol. The van der Waals surface area contributed by atoms with E-state index in [1.54, 1.807) is 6.07 Å². The molecular formula is C17H21NO5. The lowest BCUT2D eigenvalue weighted by Gasteiger charge is -2.28. The zero-order chi connectivity index (χ0) is 17.2. The van der Waals surface area contributed by atoms with Gasteiger partial charge in [-0.2, -0.15) is 0 Å². The molecule has 0 unspecified atom stereocenters. The fourth-order valence-electron chi connectivity index (χ4n) is 2.34. The number of nitrogens with zero attached hydrogens (tertiary/aromatic N) is 1. The summed E-state index contributed by atoms with van der Waals surface area (Å²) >= 11 is 0. The summed E-state index contributed by atoms with van der Waals surface area (Å²) in [4.78, 5) is 33.2. The molecule has 1 fully saturated rings. The Hall–Kier alpha value is -2.47. The molecule has 0 atom stereocenters. The van der Waals surface area contributed by atoms with Gasteiger partial charge in [-0.3, -0.25) is 4.79 Å². The zero-order valence-electron chi connectivity index (χ0n) is 13.0. The SMILES string of the molecule is CN1CCC(c2cccccc2=O)CC1.O=C(O)/C=C\C(=O)O. The summed E-state index contributed by atoms with van der Waals surface area (Å²) in [6.45, 7) is 2.20. The summed E-state index contributed by atoms with van der Waals surface area (Å²) in [5.74, 6) is -2.05. The molecule has 0 saturated carbocycles. The Morgan fingerprint density at radius 1 is 1.04 bits per heavy atom. The molecule has 1 aliphatic rings. The molecule has 2 rings (SSSR count). The third kappa shape index (κ3) is 7.37. The summed E-state index contributed by atoms with van der Waals surface area (Å²) in [6, 6.07) is 9.36. The largest absolute Gasteiger partial charge is 0.478 e. The lowest BCUT2D eigenvalue weighted by Crippen LogP contribution is -2.30. The van der Waals surface area contributed by atoms with Gasteiger partial charge in [0.15, 0.2) is 5.43 Å². The molecule has 2 N–H and O–H groups in total. The first-order chi connectivity index (χ1) is 10.9. The molecule has 1 aliphatic heterocycles. The van der Waals surface area contributed by atoms with Crippen molar-refractivity contribution in [1.29, 1.82) is 0 Å². The van der Waals surface area contributed by atoms with E-state index < -0.39 is 11.9 Å². The van der Waals surface area contributed by atoms with E-state index in [9.17, 15) is 14.4 Å². The molecular weight excluding hydrogens is 298 g/mol. The monoisotopic (exact) mass is 319 g/mol. The smallest absolute Gasteiger partial charge is 0.328 e. The molecule has 0 aliphatic carbocycles. The third-order valence-electron chi connectivity index (χ3n) is 3.56. The van der Waals surface area contributed by atoms with Crippen LogP contribution in [0.3, 0.4) is 0 Å². The second-order valence-corrected chi connectivity index (χ2v) is 5.32. The summed E-state index contributed by atoms with van der Waals surface area (Å²) in [5, 5.41) is 15.6. The van der Waals surface area contributed by atoms with Gasteiger partial charge >= 0.3 is 11.9 Å². The van der Waals surface area contributed by atoms with Crippen molar-refractivity contribution in [3.8, 4) is 0 Å². The van der Waals surface area contributed by atoms with Crippen LogP contribution in [0.2, 0.25) is 0 Å². The van der Waals surface area contributed by atoms with E-state index in [-0.39, 0.29) is 5.43 Å². The minimum atomic E-state index is -1.26. The number of hydrogen-bond acceptors (Lipinski definition) is 4. The van der Waals surface area contributed by atoms with Gasteiger partial charge in [0.05, 0.1) is 0 Å². The Morgan fingerprint density at radius 3 is 2.09 bits per heavy atom. The molecule has 23 heavy (non-hydrogen) atoms. The number of rotatable bonds is 3. The van der Waals surface area contributed by atoms with Gasteiger partial charge < -0.3 is 15.1 Å². The van der Waals surface area contributed by atoms with Gasteiger partial charge in [0.1, 0.15) is 0 Å². The minimum Gasteiger partial charge on any atom is -0.478 e. The van der Waals surface area contributed by atoms with Crippen molar-refractivity contribution >= 4 is 11.9 Å². The van der Waals surface area contributed by atoms with Crippen LogP contribution in [-0.4, -0.2) is 47.2 Å². The van der Waals surface area contributed by atoms with E-state index in [2.05, 4.69) is 11.9 Å². The molecule has 1 aromatic carbocycles. The van der Waals surface area contributed by atoms with Gasteiger partial charge in [-0.25, -0.2) is 9.59 Å². The van der Waals surface area contributed by atoms with E-state index in [1.165, 1.54) is 0 Å². The molecule has 124 valence electrons. The zero-order valence-corrected chi connectivity index (χ0v) is 13.0. The van der Waals surface area contributed by atoms with Crippen LogP contribution in [0.1, 0.15) is 24.3 Å². The van der Waals surface area contributed by atoms with Crippen molar-refractivity contribution in [1.82, 2.24) is 4.90 Å². The fraction of sp³-hybridized carbons (Fsp3) is 0.353. The summed E-state index contributed by atoms with van der Waals surface area (Å²) in [7, 11) is 2.14. The number of piperidine rings is 1. The average molecular weight is 319 g/mol. The summed E-state index contributed by atoms with van der Waals surface area (Å²) in [6.07, 6.45) is 3.33. The predicted octanol–water partition coefficient (Wildman–Crippen LogP) is 1.57. The van der Waals surface area contributed by atoms with Crippen LogP contribution in [0.5, 0.6) is 0 Å². The van der Waals surface area contributed by atoms with Crippen molar-refractivity contribution in [3.63, 3.8) is 0 Å². The van der Waals surface area contributed by atoms with Crippen LogP contribution in [-0.2, 0) is 9.59 Å². The highest BCUT2D eigenvalue weighted by Gasteiger charge is 2.19. The molecule has 1 heterocycles. The Morgan fingerprint density at radius 2 is 1.57 bits per heavy atom. The van der Waals surface area contributed by atoms with Gasteiger partial charge in [-0.15, -0.1) is 0 Å². The van der Waals surface area contributed by atoms with Gasteiger partial charge in [-0.05, 0) is 45.0 Å². The van der Waals surface area contributed by atoms with Crippen LogP contribution < -0.4 is 5.43 Å². The van der Waals surface area contributed by atoms with Crippen molar-refractivity contribution in [2.45, 2.75) is 18.8 Å². The fourth-order valence-corrected chi connectivity index (χ4v) is 2.34. The van der Waals surface area contributed by atoms with E-state index in [1.807, 2.05) is 24.3 Å². The number of carbonyl (C=O) groups is 2. The lowest BCUT2D eigenvalue weighted by atomic mass is 9.90. The Bertz CT molecular complexity index is 602. The molecule has 0 radical (unpaired) electrons. The van der Waals surface area contributed by atoms with Crippen LogP contribution in [0.4, 0.5) is 0 Å². The highest BCUT2D eigenvalue weighted by Crippen LogP contribution is 2.24. The van der Waals surface area contributed by atoms with Crippen molar-refractivity contribution < 1.29 is 19.8 Å². The first-order valence-corrected chi connectivity index (χ1v) is 7.32. The van der Waals surface area contributed by atoms with Crippen LogP contribution in [0.15, 0.2) is 47.3 Å². The number of likely N-dealkylation sites (tertiary alicyclic amines) is 1.